The summed E-state index contributed by atoms with van der Waals surface area (Å²) in [4.78, 5) is 0. The molecule has 1 heterocycles. The molecule has 0 aromatic rings. The molecular weight excluding hydrogens is 252 g/mol. The molecule has 1 saturated heterocycles. The molecule has 0 radical (unpaired) electrons. The van der Waals surface area contributed by atoms with Gasteiger partial charge in [0.15, 0.2) is 0 Å². The van der Waals surface area contributed by atoms with Crippen LogP contribution in [0.5, 0.6) is 0 Å². The third-order valence-electron chi connectivity index (χ3n) is 3.95. The fraction of sp³-hybridized carbons (Fsp3) is 1.00. The van der Waals surface area contributed by atoms with Crippen molar-refractivity contribution in [3.63, 3.8) is 0 Å². The van der Waals surface area contributed by atoms with E-state index in [0.29, 0.717) is 19.7 Å². The lowest BCUT2D eigenvalue weighted by Gasteiger charge is -2.38. The highest BCUT2D eigenvalue weighted by Crippen LogP contribution is 2.32. The Morgan fingerprint density at radius 2 is 2.22 bits per heavy atom. The third-order valence-corrected chi connectivity index (χ3v) is 6.24. The minimum Gasteiger partial charge on any atom is -0.375 e. The van der Waals surface area contributed by atoms with Crippen LogP contribution in [0.15, 0.2) is 0 Å². The van der Waals surface area contributed by atoms with E-state index in [1.807, 2.05) is 6.92 Å². The van der Waals surface area contributed by atoms with Gasteiger partial charge in [-0.05, 0) is 32.7 Å². The van der Waals surface area contributed by atoms with Gasteiger partial charge in [-0.1, -0.05) is 6.92 Å². The highest BCUT2D eigenvalue weighted by atomic mass is 32.2. The smallest absolute Gasteiger partial charge is 0.218 e. The standard InChI is InChI=1S/C12H24N2O3S/c1-3-13-9-10(2)18(15,16)14-7-8-17-12-6-4-5-11(12)14/h10-13H,3-9H2,1-2H3. The Hall–Kier alpha value is -0.170. The first-order valence-corrected chi connectivity index (χ1v) is 8.40. The van der Waals surface area contributed by atoms with E-state index in [9.17, 15) is 8.42 Å². The average Bonchev–Trinajstić information content (AvgIpc) is 2.83. The number of nitrogens with one attached hydrogen (secondary N) is 1. The summed E-state index contributed by atoms with van der Waals surface area (Å²) in [5.74, 6) is 0. The molecule has 2 aliphatic rings. The molecule has 1 saturated carbocycles. The topological polar surface area (TPSA) is 58.6 Å². The molecule has 0 spiro atoms. The van der Waals surface area contributed by atoms with Crippen LogP contribution in [0.4, 0.5) is 0 Å². The second-order valence-corrected chi connectivity index (χ2v) is 7.49. The molecule has 3 unspecified atom stereocenters. The van der Waals surface area contributed by atoms with Crippen LogP contribution in [0.3, 0.4) is 0 Å². The van der Waals surface area contributed by atoms with Crippen LogP contribution in [-0.2, 0) is 14.8 Å². The molecule has 0 amide bonds. The highest BCUT2D eigenvalue weighted by Gasteiger charge is 2.43. The van der Waals surface area contributed by atoms with Crippen molar-refractivity contribution in [3.8, 4) is 0 Å². The average molecular weight is 276 g/mol. The molecule has 1 aliphatic heterocycles. The highest BCUT2D eigenvalue weighted by molar-refractivity contribution is 7.89. The number of hydrogen-bond acceptors (Lipinski definition) is 4. The number of morpholine rings is 1. The van der Waals surface area contributed by atoms with E-state index in [-0.39, 0.29) is 17.4 Å². The lowest BCUT2D eigenvalue weighted by molar-refractivity contribution is -0.0244. The first kappa shape index (κ1) is 14.2. The minimum atomic E-state index is -3.20. The lowest BCUT2D eigenvalue weighted by atomic mass is 10.2. The van der Waals surface area contributed by atoms with Crippen molar-refractivity contribution in [2.45, 2.75) is 50.5 Å². The minimum absolute atomic E-state index is 0.0767. The predicted molar refractivity (Wildman–Crippen MR) is 71.0 cm³/mol. The van der Waals surface area contributed by atoms with Gasteiger partial charge in [0.2, 0.25) is 10.0 Å². The van der Waals surface area contributed by atoms with E-state index >= 15 is 0 Å². The van der Waals surface area contributed by atoms with Crippen LogP contribution in [-0.4, -0.2) is 56.4 Å². The Labute approximate surface area is 110 Å². The maximum atomic E-state index is 12.6. The maximum absolute atomic E-state index is 12.6. The zero-order chi connectivity index (χ0) is 13.2. The quantitative estimate of drug-likeness (QED) is 0.797. The summed E-state index contributed by atoms with van der Waals surface area (Å²) in [5, 5.41) is 2.75. The normalized spacial score (nSPS) is 31.2. The fourth-order valence-electron chi connectivity index (χ4n) is 2.89. The van der Waals surface area contributed by atoms with Gasteiger partial charge in [-0.25, -0.2) is 8.42 Å². The van der Waals surface area contributed by atoms with E-state index in [0.717, 1.165) is 25.8 Å². The molecule has 0 aromatic carbocycles. The van der Waals surface area contributed by atoms with E-state index in [2.05, 4.69) is 5.32 Å². The molecular formula is C12H24N2O3S. The monoisotopic (exact) mass is 276 g/mol. The number of nitrogens with zero attached hydrogens (tertiary/aromatic N) is 1. The number of hydrogen-bond donors (Lipinski definition) is 1. The van der Waals surface area contributed by atoms with Crippen LogP contribution in [0.2, 0.25) is 0 Å². The third kappa shape index (κ3) is 2.71. The van der Waals surface area contributed by atoms with Gasteiger partial charge >= 0.3 is 0 Å². The first-order chi connectivity index (χ1) is 8.57. The van der Waals surface area contributed by atoms with Gasteiger partial charge in [-0.3, -0.25) is 0 Å². The van der Waals surface area contributed by atoms with Gasteiger partial charge in [0.25, 0.3) is 0 Å². The van der Waals surface area contributed by atoms with Crippen molar-refractivity contribution in [3.05, 3.63) is 0 Å². The molecule has 2 fully saturated rings. The zero-order valence-corrected chi connectivity index (χ0v) is 12.1. The Kier molecular flexibility index (Phi) is 4.64. The fourth-order valence-corrected chi connectivity index (χ4v) is 4.63. The van der Waals surface area contributed by atoms with Gasteiger partial charge in [-0.15, -0.1) is 0 Å². The molecule has 0 aromatic heterocycles. The van der Waals surface area contributed by atoms with Crippen LogP contribution in [0.1, 0.15) is 33.1 Å². The van der Waals surface area contributed by atoms with Gasteiger partial charge in [0.05, 0.1) is 24.0 Å². The van der Waals surface area contributed by atoms with E-state index < -0.39 is 10.0 Å². The summed E-state index contributed by atoms with van der Waals surface area (Å²) in [6.07, 6.45) is 3.14. The van der Waals surface area contributed by atoms with Crippen molar-refractivity contribution in [2.75, 3.05) is 26.2 Å². The van der Waals surface area contributed by atoms with E-state index in [4.69, 9.17) is 4.74 Å². The predicted octanol–water partition coefficient (Wildman–Crippen LogP) is 0.567. The van der Waals surface area contributed by atoms with Gasteiger partial charge in [-0.2, -0.15) is 4.31 Å². The first-order valence-electron chi connectivity index (χ1n) is 6.90. The summed E-state index contributed by atoms with van der Waals surface area (Å²) < 4.78 is 32.5. The van der Waals surface area contributed by atoms with Crippen LogP contribution in [0.25, 0.3) is 0 Å². The second-order valence-electron chi connectivity index (χ2n) is 5.18. The van der Waals surface area contributed by atoms with Crippen molar-refractivity contribution in [1.82, 2.24) is 9.62 Å². The summed E-state index contributed by atoms with van der Waals surface area (Å²) in [6, 6.07) is 0.0767. The Morgan fingerprint density at radius 1 is 1.44 bits per heavy atom. The van der Waals surface area contributed by atoms with E-state index in [1.165, 1.54) is 0 Å². The summed E-state index contributed by atoms with van der Waals surface area (Å²) in [6.45, 7) is 6.15. The molecule has 6 heteroatoms. The summed E-state index contributed by atoms with van der Waals surface area (Å²) in [7, 11) is -3.20. The van der Waals surface area contributed by atoms with Crippen molar-refractivity contribution >= 4 is 10.0 Å². The molecule has 18 heavy (non-hydrogen) atoms. The van der Waals surface area contributed by atoms with Gasteiger partial charge in [0, 0.05) is 13.1 Å². The molecule has 2 rings (SSSR count). The molecule has 1 N–H and O–H groups in total. The maximum Gasteiger partial charge on any atom is 0.218 e. The Balaban J connectivity index is 2.08. The van der Waals surface area contributed by atoms with Crippen molar-refractivity contribution in [1.29, 1.82) is 0 Å². The number of fused-ring (bicyclic) bond motifs is 1. The lowest BCUT2D eigenvalue weighted by Crippen LogP contribution is -2.54. The molecule has 0 bridgehead atoms. The van der Waals surface area contributed by atoms with Crippen LogP contribution >= 0.6 is 0 Å². The largest absolute Gasteiger partial charge is 0.375 e. The summed E-state index contributed by atoms with van der Waals surface area (Å²) in [5.41, 5.74) is 0. The van der Waals surface area contributed by atoms with Gasteiger partial charge < -0.3 is 10.1 Å². The zero-order valence-electron chi connectivity index (χ0n) is 11.3. The Bertz CT molecular complexity index is 372. The van der Waals surface area contributed by atoms with Crippen molar-refractivity contribution < 1.29 is 13.2 Å². The van der Waals surface area contributed by atoms with Crippen LogP contribution in [0, 0.1) is 0 Å². The SMILES string of the molecule is CCNCC(C)S(=O)(=O)N1CCOC2CCCC21. The number of rotatable bonds is 5. The molecule has 106 valence electrons. The van der Waals surface area contributed by atoms with E-state index in [1.54, 1.807) is 11.2 Å². The number of sulfonamides is 1. The number of ether oxygens (including phenoxy) is 1. The van der Waals surface area contributed by atoms with Crippen molar-refractivity contribution in [2.24, 2.45) is 0 Å². The molecule has 1 aliphatic carbocycles. The molecule has 3 atom stereocenters. The molecule has 5 nitrogen and oxygen atoms in total. The van der Waals surface area contributed by atoms with Crippen LogP contribution < -0.4 is 5.32 Å². The Morgan fingerprint density at radius 3 is 2.94 bits per heavy atom. The summed E-state index contributed by atoms with van der Waals surface area (Å²) >= 11 is 0. The second kappa shape index (κ2) is 5.86. The van der Waals surface area contributed by atoms with Gasteiger partial charge in [0.1, 0.15) is 0 Å².